The number of anilines is 1. The molecular formula is C31H39N3O5S. The second-order valence-electron chi connectivity index (χ2n) is 10.3. The Morgan fingerprint density at radius 2 is 1.50 bits per heavy atom. The van der Waals surface area contributed by atoms with Crippen LogP contribution in [0.2, 0.25) is 0 Å². The fourth-order valence-electron chi connectivity index (χ4n) is 4.08. The van der Waals surface area contributed by atoms with Crippen LogP contribution < -0.4 is 14.4 Å². The van der Waals surface area contributed by atoms with Gasteiger partial charge in [-0.05, 0) is 68.7 Å². The fourth-order valence-corrected chi connectivity index (χ4v) is 5.49. The standard InChI is InChI=1S/C31H39N3O5S/c1-22(2)19-32-31(36)25(5)33(20-26-8-7-9-28(18-26)39-6)30(35)21-34(27-14-10-23(3)11-15-27)40(37,38)29-16-12-24(4)13-17-29/h7-18,22,25H,19-21H2,1-6H3,(H,32,36)/t25-/m1/s1. The van der Waals surface area contributed by atoms with Crippen molar-refractivity contribution < 1.29 is 22.7 Å². The number of benzene rings is 3. The zero-order valence-corrected chi connectivity index (χ0v) is 24.9. The molecule has 214 valence electrons. The Labute approximate surface area is 238 Å². The molecule has 0 aliphatic carbocycles. The van der Waals surface area contributed by atoms with E-state index in [1.165, 1.54) is 17.0 Å². The number of methoxy groups -OCH3 is 1. The number of sulfonamides is 1. The summed E-state index contributed by atoms with van der Waals surface area (Å²) < 4.78 is 34.2. The van der Waals surface area contributed by atoms with Crippen molar-refractivity contribution in [1.82, 2.24) is 10.2 Å². The number of carbonyl (C=O) groups is 2. The minimum absolute atomic E-state index is 0.0774. The highest BCUT2D eigenvalue weighted by Crippen LogP contribution is 2.25. The summed E-state index contributed by atoms with van der Waals surface area (Å²) in [6.07, 6.45) is 0. The van der Waals surface area contributed by atoms with Crippen LogP contribution in [0.5, 0.6) is 5.75 Å². The first kappa shape index (κ1) is 30.7. The van der Waals surface area contributed by atoms with Gasteiger partial charge >= 0.3 is 0 Å². The number of amides is 2. The summed E-state index contributed by atoms with van der Waals surface area (Å²) in [7, 11) is -2.54. The van der Waals surface area contributed by atoms with E-state index >= 15 is 0 Å². The molecule has 0 saturated carbocycles. The average Bonchev–Trinajstić information content (AvgIpc) is 2.93. The van der Waals surface area contributed by atoms with E-state index in [2.05, 4.69) is 5.32 Å². The summed E-state index contributed by atoms with van der Waals surface area (Å²) in [4.78, 5) is 28.6. The molecule has 0 saturated heterocycles. The van der Waals surface area contributed by atoms with Crippen LogP contribution >= 0.6 is 0 Å². The molecule has 0 unspecified atom stereocenters. The molecule has 1 N–H and O–H groups in total. The molecule has 0 aliphatic rings. The maximum absolute atomic E-state index is 14.0. The van der Waals surface area contributed by atoms with Crippen LogP contribution in [0.3, 0.4) is 0 Å². The predicted molar refractivity (Wildman–Crippen MR) is 158 cm³/mol. The molecule has 0 fully saturated rings. The highest BCUT2D eigenvalue weighted by Gasteiger charge is 2.32. The number of ether oxygens (including phenoxy) is 1. The van der Waals surface area contributed by atoms with Crippen molar-refractivity contribution in [3.8, 4) is 5.75 Å². The smallest absolute Gasteiger partial charge is 0.264 e. The molecule has 0 aromatic heterocycles. The summed E-state index contributed by atoms with van der Waals surface area (Å²) in [6.45, 7) is 9.48. The predicted octanol–water partition coefficient (Wildman–Crippen LogP) is 4.70. The van der Waals surface area contributed by atoms with Crippen molar-refractivity contribution in [3.05, 3.63) is 89.5 Å². The zero-order valence-electron chi connectivity index (χ0n) is 24.0. The van der Waals surface area contributed by atoms with Gasteiger partial charge in [0.1, 0.15) is 18.3 Å². The van der Waals surface area contributed by atoms with Gasteiger partial charge in [-0.1, -0.05) is 61.4 Å². The maximum Gasteiger partial charge on any atom is 0.264 e. The fraction of sp³-hybridized carbons (Fsp3) is 0.355. The van der Waals surface area contributed by atoms with E-state index in [9.17, 15) is 18.0 Å². The minimum atomic E-state index is -4.10. The molecular weight excluding hydrogens is 526 g/mol. The summed E-state index contributed by atoms with van der Waals surface area (Å²) in [6, 6.07) is 19.8. The van der Waals surface area contributed by atoms with Gasteiger partial charge in [0.05, 0.1) is 17.7 Å². The Balaban J connectivity index is 2.01. The summed E-state index contributed by atoms with van der Waals surface area (Å²) >= 11 is 0. The van der Waals surface area contributed by atoms with E-state index in [1.54, 1.807) is 68.6 Å². The van der Waals surface area contributed by atoms with Crippen molar-refractivity contribution >= 4 is 27.5 Å². The quantitative estimate of drug-likeness (QED) is 0.344. The Bertz CT molecular complexity index is 1400. The van der Waals surface area contributed by atoms with Crippen molar-refractivity contribution in [2.75, 3.05) is 24.5 Å². The second-order valence-corrected chi connectivity index (χ2v) is 12.2. The lowest BCUT2D eigenvalue weighted by Gasteiger charge is -2.32. The van der Waals surface area contributed by atoms with Crippen molar-refractivity contribution in [2.45, 2.75) is 52.1 Å². The molecule has 0 spiro atoms. The topological polar surface area (TPSA) is 96.0 Å². The van der Waals surface area contributed by atoms with Gasteiger partial charge in [-0.2, -0.15) is 0 Å². The summed E-state index contributed by atoms with van der Waals surface area (Å²) in [5, 5.41) is 2.89. The molecule has 0 heterocycles. The SMILES string of the molecule is COc1cccc(CN(C(=O)CN(c2ccc(C)cc2)S(=O)(=O)c2ccc(C)cc2)[C@H](C)C(=O)NCC(C)C)c1. The van der Waals surface area contributed by atoms with Crippen LogP contribution in [-0.2, 0) is 26.2 Å². The van der Waals surface area contributed by atoms with Gasteiger partial charge in [-0.3, -0.25) is 13.9 Å². The Morgan fingerprint density at radius 1 is 0.900 bits per heavy atom. The molecule has 2 amide bonds. The lowest BCUT2D eigenvalue weighted by Crippen LogP contribution is -2.51. The van der Waals surface area contributed by atoms with E-state index in [4.69, 9.17) is 4.74 Å². The van der Waals surface area contributed by atoms with Crippen LogP contribution in [0.4, 0.5) is 5.69 Å². The van der Waals surface area contributed by atoms with Gasteiger partial charge in [0, 0.05) is 13.1 Å². The number of rotatable bonds is 12. The number of carbonyl (C=O) groups excluding carboxylic acids is 2. The maximum atomic E-state index is 14.0. The number of nitrogens with one attached hydrogen (secondary N) is 1. The third kappa shape index (κ3) is 7.85. The lowest BCUT2D eigenvalue weighted by atomic mass is 10.1. The molecule has 40 heavy (non-hydrogen) atoms. The lowest BCUT2D eigenvalue weighted by molar-refractivity contribution is -0.139. The minimum Gasteiger partial charge on any atom is -0.497 e. The van der Waals surface area contributed by atoms with E-state index in [0.717, 1.165) is 21.0 Å². The number of aryl methyl sites for hydroxylation is 2. The molecule has 0 radical (unpaired) electrons. The highest BCUT2D eigenvalue weighted by atomic mass is 32.2. The highest BCUT2D eigenvalue weighted by molar-refractivity contribution is 7.92. The van der Waals surface area contributed by atoms with E-state index in [1.807, 2.05) is 33.8 Å². The van der Waals surface area contributed by atoms with Gasteiger partial charge in [0.25, 0.3) is 10.0 Å². The van der Waals surface area contributed by atoms with Crippen LogP contribution in [0, 0.1) is 19.8 Å². The van der Waals surface area contributed by atoms with E-state index in [-0.39, 0.29) is 23.3 Å². The van der Waals surface area contributed by atoms with Crippen molar-refractivity contribution in [1.29, 1.82) is 0 Å². The van der Waals surface area contributed by atoms with Gasteiger partial charge in [-0.15, -0.1) is 0 Å². The molecule has 1 atom stereocenters. The molecule has 3 aromatic carbocycles. The van der Waals surface area contributed by atoms with Crippen LogP contribution in [0.1, 0.15) is 37.5 Å². The molecule has 3 rings (SSSR count). The average molecular weight is 566 g/mol. The van der Waals surface area contributed by atoms with Gasteiger partial charge in [0.15, 0.2) is 0 Å². The summed E-state index contributed by atoms with van der Waals surface area (Å²) in [5.74, 6) is 0.0277. The third-order valence-corrected chi connectivity index (χ3v) is 8.34. The van der Waals surface area contributed by atoms with Crippen LogP contribution in [-0.4, -0.2) is 51.4 Å². The summed E-state index contributed by atoms with van der Waals surface area (Å²) in [5.41, 5.74) is 2.98. The van der Waals surface area contributed by atoms with Gasteiger partial charge in [0.2, 0.25) is 11.8 Å². The number of nitrogens with zero attached hydrogens (tertiary/aromatic N) is 2. The first-order valence-corrected chi connectivity index (χ1v) is 14.7. The normalized spacial score (nSPS) is 12.1. The van der Waals surface area contributed by atoms with Crippen molar-refractivity contribution in [2.24, 2.45) is 5.92 Å². The molecule has 0 aliphatic heterocycles. The van der Waals surface area contributed by atoms with Gasteiger partial charge in [-0.25, -0.2) is 8.42 Å². The first-order valence-electron chi connectivity index (χ1n) is 13.3. The largest absolute Gasteiger partial charge is 0.497 e. The third-order valence-electron chi connectivity index (χ3n) is 6.55. The molecule has 0 bridgehead atoms. The number of hydrogen-bond donors (Lipinski definition) is 1. The van der Waals surface area contributed by atoms with Crippen molar-refractivity contribution in [3.63, 3.8) is 0 Å². The zero-order chi connectivity index (χ0) is 29.4. The monoisotopic (exact) mass is 565 g/mol. The number of hydrogen-bond acceptors (Lipinski definition) is 5. The van der Waals surface area contributed by atoms with Crippen LogP contribution in [0.15, 0.2) is 77.7 Å². The molecule has 9 heteroatoms. The second kappa shape index (κ2) is 13.5. The van der Waals surface area contributed by atoms with Crippen LogP contribution in [0.25, 0.3) is 0 Å². The molecule has 8 nitrogen and oxygen atoms in total. The Kier molecular flexibility index (Phi) is 10.3. The first-order chi connectivity index (χ1) is 18.9. The van der Waals surface area contributed by atoms with E-state index < -0.39 is 28.5 Å². The molecule has 3 aromatic rings. The Morgan fingerprint density at radius 3 is 2.08 bits per heavy atom. The Hall–Kier alpha value is -3.85. The van der Waals surface area contributed by atoms with Gasteiger partial charge < -0.3 is 15.0 Å². The van der Waals surface area contributed by atoms with E-state index in [0.29, 0.717) is 18.0 Å².